The molecule has 0 bridgehead atoms. The van der Waals surface area contributed by atoms with Crippen LogP contribution in [0, 0.1) is 5.92 Å². The first-order valence-corrected chi connectivity index (χ1v) is 7.16. The van der Waals surface area contributed by atoms with Crippen molar-refractivity contribution in [2.75, 3.05) is 21.3 Å². The van der Waals surface area contributed by atoms with Crippen LogP contribution >= 0.6 is 0 Å². The third-order valence-electron chi connectivity index (χ3n) is 3.39. The highest BCUT2D eigenvalue weighted by Gasteiger charge is 2.38. The van der Waals surface area contributed by atoms with Crippen molar-refractivity contribution in [1.82, 2.24) is 5.32 Å². The van der Waals surface area contributed by atoms with E-state index in [0.717, 1.165) is 21.3 Å². The van der Waals surface area contributed by atoms with Gasteiger partial charge < -0.3 is 24.6 Å². The summed E-state index contributed by atoms with van der Waals surface area (Å²) in [6.07, 6.45) is -0.487. The van der Waals surface area contributed by atoms with Crippen LogP contribution in [0.2, 0.25) is 0 Å². The molecule has 1 amide bonds. The van der Waals surface area contributed by atoms with Gasteiger partial charge in [-0.25, -0.2) is 4.79 Å². The van der Waals surface area contributed by atoms with Crippen molar-refractivity contribution in [2.24, 2.45) is 5.92 Å². The summed E-state index contributed by atoms with van der Waals surface area (Å²) in [5, 5.41) is 11.6. The molecule has 0 saturated heterocycles. The summed E-state index contributed by atoms with van der Waals surface area (Å²) >= 11 is 0. The van der Waals surface area contributed by atoms with Crippen LogP contribution in [0.4, 0.5) is 0 Å². The molecule has 1 aromatic carbocycles. The first kappa shape index (κ1) is 19.9. The molecule has 0 aliphatic carbocycles. The molecule has 0 heterocycles. The summed E-state index contributed by atoms with van der Waals surface area (Å²) in [4.78, 5) is 47.8. The van der Waals surface area contributed by atoms with Crippen molar-refractivity contribution in [1.29, 1.82) is 0 Å². The molecule has 9 heteroatoms. The maximum absolute atomic E-state index is 12.3. The van der Waals surface area contributed by atoms with E-state index < -0.39 is 42.2 Å². The number of ether oxygens (including phenoxy) is 3. The van der Waals surface area contributed by atoms with Gasteiger partial charge in [-0.3, -0.25) is 14.4 Å². The Bertz CT molecular complexity index is 640. The minimum absolute atomic E-state index is 0.0424. The molecule has 0 aromatic heterocycles. The number of phenolic OH excluding ortho intramolecular Hbond substituents is 1. The Labute approximate surface area is 143 Å². The summed E-state index contributed by atoms with van der Waals surface area (Å²) in [5.41, 5.74) is 0.133. The number of benzene rings is 1. The fraction of sp³-hybridized carbons (Fsp3) is 0.375. The number of carbonyl (C=O) groups excluding carboxylic acids is 4. The molecule has 0 saturated carbocycles. The van der Waals surface area contributed by atoms with Crippen LogP contribution in [0.1, 0.15) is 16.8 Å². The number of carbonyl (C=O) groups is 4. The molecule has 1 aromatic rings. The second-order valence-corrected chi connectivity index (χ2v) is 4.93. The lowest BCUT2D eigenvalue weighted by Crippen LogP contribution is -2.50. The van der Waals surface area contributed by atoms with E-state index in [4.69, 9.17) is 0 Å². The maximum atomic E-state index is 12.3. The van der Waals surface area contributed by atoms with Gasteiger partial charge in [-0.15, -0.1) is 0 Å². The maximum Gasteiger partial charge on any atom is 0.329 e. The van der Waals surface area contributed by atoms with E-state index in [-0.39, 0.29) is 11.3 Å². The number of phenols is 1. The average Bonchev–Trinajstić information content (AvgIpc) is 2.63. The minimum atomic E-state index is -1.46. The zero-order chi connectivity index (χ0) is 19.0. The number of amides is 1. The van der Waals surface area contributed by atoms with Crippen molar-refractivity contribution in [2.45, 2.75) is 12.5 Å². The van der Waals surface area contributed by atoms with Crippen molar-refractivity contribution in [3.05, 3.63) is 29.8 Å². The van der Waals surface area contributed by atoms with Crippen LogP contribution in [0.3, 0.4) is 0 Å². The van der Waals surface area contributed by atoms with Gasteiger partial charge in [-0.1, -0.05) is 0 Å². The number of nitrogens with one attached hydrogen (secondary N) is 1. The van der Waals surface area contributed by atoms with Crippen LogP contribution < -0.4 is 5.32 Å². The normalized spacial score (nSPS) is 12.4. The van der Waals surface area contributed by atoms with E-state index in [1.54, 1.807) is 0 Å². The summed E-state index contributed by atoms with van der Waals surface area (Å²) in [6.45, 7) is 0. The van der Waals surface area contributed by atoms with Crippen molar-refractivity contribution >= 4 is 23.8 Å². The molecule has 9 nitrogen and oxygen atoms in total. The highest BCUT2D eigenvalue weighted by atomic mass is 16.5. The molecule has 2 N–H and O–H groups in total. The molecule has 0 fully saturated rings. The minimum Gasteiger partial charge on any atom is -0.508 e. The molecule has 1 rings (SSSR count). The van der Waals surface area contributed by atoms with Gasteiger partial charge in [0.1, 0.15) is 11.8 Å². The molecule has 136 valence electrons. The SMILES string of the molecule is COC(=O)C[C@H](C(=O)OC)[C@@H](NC(=O)c1ccc(O)cc1)C(=O)OC. The van der Waals surface area contributed by atoms with E-state index in [2.05, 4.69) is 19.5 Å². The highest BCUT2D eigenvalue weighted by Crippen LogP contribution is 2.16. The van der Waals surface area contributed by atoms with E-state index in [1.807, 2.05) is 0 Å². The van der Waals surface area contributed by atoms with Crippen LogP contribution in [0.25, 0.3) is 0 Å². The smallest absolute Gasteiger partial charge is 0.329 e. The standard InChI is InChI=1S/C16H19NO8/c1-23-12(19)8-11(15(21)24-2)13(16(22)25-3)17-14(20)9-4-6-10(18)7-5-9/h4-7,11,13,18H,8H2,1-3H3,(H,17,20)/t11-,13+/m0/s1. The summed E-state index contributed by atoms with van der Waals surface area (Å²) < 4.78 is 13.7. The first-order valence-electron chi connectivity index (χ1n) is 7.16. The number of rotatable bonds is 7. The van der Waals surface area contributed by atoms with E-state index in [0.29, 0.717) is 0 Å². The van der Waals surface area contributed by atoms with Crippen molar-refractivity contribution < 1.29 is 38.5 Å². The Kier molecular flexibility index (Phi) is 7.39. The van der Waals surface area contributed by atoms with Gasteiger partial charge in [0.2, 0.25) is 0 Å². The Balaban J connectivity index is 3.09. The fourth-order valence-corrected chi connectivity index (χ4v) is 2.04. The fourth-order valence-electron chi connectivity index (χ4n) is 2.04. The second kappa shape index (κ2) is 9.26. The van der Waals surface area contributed by atoms with Crippen molar-refractivity contribution in [3.8, 4) is 5.75 Å². The van der Waals surface area contributed by atoms with Gasteiger partial charge in [0, 0.05) is 5.56 Å². The van der Waals surface area contributed by atoms with Gasteiger partial charge in [-0.05, 0) is 24.3 Å². The van der Waals surface area contributed by atoms with Crippen molar-refractivity contribution in [3.63, 3.8) is 0 Å². The molecule has 0 radical (unpaired) electrons. The van der Waals surface area contributed by atoms with Crippen LogP contribution in [0.5, 0.6) is 5.75 Å². The Morgan fingerprint density at radius 2 is 1.52 bits per heavy atom. The first-order chi connectivity index (χ1) is 11.8. The lowest BCUT2D eigenvalue weighted by atomic mass is 9.95. The molecule has 0 aliphatic heterocycles. The number of hydrogen-bond acceptors (Lipinski definition) is 8. The topological polar surface area (TPSA) is 128 Å². The van der Waals surface area contributed by atoms with Crippen LogP contribution in [-0.2, 0) is 28.6 Å². The third-order valence-corrected chi connectivity index (χ3v) is 3.39. The van der Waals surface area contributed by atoms with Crippen LogP contribution in [-0.4, -0.2) is 56.3 Å². The summed E-state index contributed by atoms with van der Waals surface area (Å²) in [5.74, 6) is -4.64. The summed E-state index contributed by atoms with van der Waals surface area (Å²) in [7, 11) is 3.29. The Morgan fingerprint density at radius 3 is 2.00 bits per heavy atom. The second-order valence-electron chi connectivity index (χ2n) is 4.93. The predicted molar refractivity (Wildman–Crippen MR) is 83.5 cm³/mol. The average molecular weight is 353 g/mol. The molecule has 25 heavy (non-hydrogen) atoms. The molecule has 0 spiro atoms. The molecule has 2 atom stereocenters. The third kappa shape index (κ3) is 5.48. The van der Waals surface area contributed by atoms with Gasteiger partial charge in [-0.2, -0.15) is 0 Å². The number of methoxy groups -OCH3 is 3. The van der Waals surface area contributed by atoms with E-state index in [1.165, 1.54) is 24.3 Å². The molecular formula is C16H19NO8. The highest BCUT2D eigenvalue weighted by molar-refractivity contribution is 5.98. The number of esters is 3. The van der Waals surface area contributed by atoms with Gasteiger partial charge in [0.05, 0.1) is 33.7 Å². The van der Waals surface area contributed by atoms with E-state index in [9.17, 15) is 24.3 Å². The summed E-state index contributed by atoms with van der Waals surface area (Å²) in [6, 6.07) is 3.76. The Hall–Kier alpha value is -3.10. The number of hydrogen-bond donors (Lipinski definition) is 2. The lowest BCUT2D eigenvalue weighted by Gasteiger charge is -2.23. The monoisotopic (exact) mass is 353 g/mol. The zero-order valence-corrected chi connectivity index (χ0v) is 14.0. The largest absolute Gasteiger partial charge is 0.508 e. The van der Waals surface area contributed by atoms with Gasteiger partial charge >= 0.3 is 17.9 Å². The Morgan fingerprint density at radius 1 is 0.960 bits per heavy atom. The molecule has 0 unspecified atom stereocenters. The quantitative estimate of drug-likeness (QED) is 0.518. The zero-order valence-electron chi connectivity index (χ0n) is 14.0. The molecular weight excluding hydrogens is 334 g/mol. The van der Waals surface area contributed by atoms with Gasteiger partial charge in [0.25, 0.3) is 5.91 Å². The van der Waals surface area contributed by atoms with Crippen LogP contribution in [0.15, 0.2) is 24.3 Å². The number of aromatic hydroxyl groups is 1. The van der Waals surface area contributed by atoms with E-state index >= 15 is 0 Å². The van der Waals surface area contributed by atoms with Gasteiger partial charge in [0.15, 0.2) is 0 Å². The lowest BCUT2D eigenvalue weighted by molar-refractivity contribution is -0.158. The molecule has 0 aliphatic rings. The predicted octanol–water partition coefficient (Wildman–Crippen LogP) is 0.0159.